The summed E-state index contributed by atoms with van der Waals surface area (Å²) in [6, 6.07) is 5.01. The second kappa shape index (κ2) is 10.1. The first-order valence-electron chi connectivity index (χ1n) is 6.83. The number of benzene rings is 1. The predicted octanol–water partition coefficient (Wildman–Crippen LogP) is 1.53. The molecule has 0 aliphatic carbocycles. The number of carbonyl (C=O) groups excluding carboxylic acids is 1. The van der Waals surface area contributed by atoms with Crippen molar-refractivity contribution < 1.29 is 23.7 Å². The third-order valence-electron chi connectivity index (χ3n) is 2.67. The van der Waals surface area contributed by atoms with Gasteiger partial charge in [0.15, 0.2) is 5.78 Å². The summed E-state index contributed by atoms with van der Waals surface area (Å²) in [5, 5.41) is 0. The van der Waals surface area contributed by atoms with Gasteiger partial charge in [0.05, 0.1) is 38.6 Å². The monoisotopic (exact) mass is 297 g/mol. The molecule has 6 nitrogen and oxygen atoms in total. The average molecular weight is 297 g/mol. The van der Waals surface area contributed by atoms with Crippen molar-refractivity contribution in [2.45, 2.75) is 6.92 Å². The Morgan fingerprint density at radius 2 is 1.67 bits per heavy atom. The summed E-state index contributed by atoms with van der Waals surface area (Å²) in [4.78, 5) is 11.5. The molecule has 0 saturated carbocycles. The first kappa shape index (κ1) is 17.4. The molecule has 0 aliphatic heterocycles. The number of anilines is 1. The summed E-state index contributed by atoms with van der Waals surface area (Å²) in [6.07, 6.45) is 0. The maximum Gasteiger partial charge on any atom is 0.163 e. The SMILES string of the molecule is COCCOCCOCCOc1ccc(N)cc1C(C)=O. The minimum Gasteiger partial charge on any atom is -0.490 e. The molecule has 6 heteroatoms. The molecule has 0 unspecified atom stereocenters. The smallest absolute Gasteiger partial charge is 0.163 e. The normalized spacial score (nSPS) is 10.6. The van der Waals surface area contributed by atoms with Crippen molar-refractivity contribution in [3.63, 3.8) is 0 Å². The van der Waals surface area contributed by atoms with Crippen LogP contribution in [0.25, 0.3) is 0 Å². The van der Waals surface area contributed by atoms with Crippen LogP contribution in [-0.2, 0) is 14.2 Å². The Morgan fingerprint density at radius 3 is 2.29 bits per heavy atom. The van der Waals surface area contributed by atoms with Crippen molar-refractivity contribution in [3.05, 3.63) is 23.8 Å². The van der Waals surface area contributed by atoms with Crippen molar-refractivity contribution >= 4 is 11.5 Å². The highest BCUT2D eigenvalue weighted by Crippen LogP contribution is 2.21. The number of nitrogen functional groups attached to an aromatic ring is 1. The molecule has 0 spiro atoms. The zero-order valence-electron chi connectivity index (χ0n) is 12.6. The molecule has 0 saturated heterocycles. The van der Waals surface area contributed by atoms with Crippen LogP contribution < -0.4 is 10.5 Å². The molecular weight excluding hydrogens is 274 g/mol. The second-order valence-corrected chi connectivity index (χ2v) is 4.38. The number of hydrogen-bond acceptors (Lipinski definition) is 6. The van der Waals surface area contributed by atoms with Gasteiger partial charge < -0.3 is 24.7 Å². The Hall–Kier alpha value is -1.63. The molecular formula is C15H23NO5. The minimum absolute atomic E-state index is 0.0789. The standard InChI is InChI=1S/C15H23NO5/c1-12(17)14-11-13(16)3-4-15(14)21-10-9-20-8-7-19-6-5-18-2/h3-4,11H,5-10,16H2,1-2H3. The lowest BCUT2D eigenvalue weighted by atomic mass is 10.1. The number of rotatable bonds is 11. The molecule has 1 aromatic rings. The summed E-state index contributed by atoms with van der Waals surface area (Å²) in [7, 11) is 1.63. The van der Waals surface area contributed by atoms with E-state index in [-0.39, 0.29) is 5.78 Å². The van der Waals surface area contributed by atoms with Crippen molar-refractivity contribution in [2.75, 3.05) is 52.5 Å². The fraction of sp³-hybridized carbons (Fsp3) is 0.533. The molecule has 0 fully saturated rings. The summed E-state index contributed by atoms with van der Waals surface area (Å²) in [5.74, 6) is 0.446. The van der Waals surface area contributed by atoms with Crippen LogP contribution in [-0.4, -0.2) is 52.5 Å². The molecule has 118 valence electrons. The van der Waals surface area contributed by atoms with Gasteiger partial charge in [-0.05, 0) is 25.1 Å². The van der Waals surface area contributed by atoms with E-state index in [1.54, 1.807) is 25.3 Å². The molecule has 0 amide bonds. The van der Waals surface area contributed by atoms with Crippen molar-refractivity contribution in [3.8, 4) is 5.75 Å². The molecule has 0 bridgehead atoms. The zero-order valence-corrected chi connectivity index (χ0v) is 12.6. The Morgan fingerprint density at radius 1 is 1.05 bits per heavy atom. The number of hydrogen-bond donors (Lipinski definition) is 1. The van der Waals surface area contributed by atoms with Crippen molar-refractivity contribution in [2.24, 2.45) is 0 Å². The van der Waals surface area contributed by atoms with Gasteiger partial charge in [-0.25, -0.2) is 0 Å². The number of carbonyl (C=O) groups is 1. The molecule has 21 heavy (non-hydrogen) atoms. The van der Waals surface area contributed by atoms with Crippen LogP contribution in [0.15, 0.2) is 18.2 Å². The van der Waals surface area contributed by atoms with Crippen molar-refractivity contribution in [1.82, 2.24) is 0 Å². The van der Waals surface area contributed by atoms with E-state index in [2.05, 4.69) is 0 Å². The highest BCUT2D eigenvalue weighted by Gasteiger charge is 2.08. The summed E-state index contributed by atoms with van der Waals surface area (Å²) < 4.78 is 21.0. The van der Waals surface area contributed by atoms with Gasteiger partial charge in [0.25, 0.3) is 0 Å². The number of methoxy groups -OCH3 is 1. The number of Topliss-reactive ketones (excluding diaryl/α,β-unsaturated/α-hetero) is 1. The van der Waals surface area contributed by atoms with Gasteiger partial charge in [0, 0.05) is 12.8 Å². The van der Waals surface area contributed by atoms with E-state index in [0.29, 0.717) is 56.6 Å². The van der Waals surface area contributed by atoms with Crippen LogP contribution in [0.1, 0.15) is 17.3 Å². The summed E-state index contributed by atoms with van der Waals surface area (Å²) in [6.45, 7) is 4.42. The van der Waals surface area contributed by atoms with E-state index >= 15 is 0 Å². The topological polar surface area (TPSA) is 80.0 Å². The molecule has 0 radical (unpaired) electrons. The van der Waals surface area contributed by atoms with E-state index in [4.69, 9.17) is 24.7 Å². The van der Waals surface area contributed by atoms with E-state index < -0.39 is 0 Å². The van der Waals surface area contributed by atoms with Gasteiger partial charge >= 0.3 is 0 Å². The fourth-order valence-electron chi connectivity index (χ4n) is 1.62. The van der Waals surface area contributed by atoms with Gasteiger partial charge in [0.2, 0.25) is 0 Å². The molecule has 0 atom stereocenters. The van der Waals surface area contributed by atoms with Gasteiger partial charge in [-0.2, -0.15) is 0 Å². The average Bonchev–Trinajstić information content (AvgIpc) is 2.46. The lowest BCUT2D eigenvalue weighted by Gasteiger charge is -2.11. The largest absolute Gasteiger partial charge is 0.490 e. The molecule has 1 rings (SSSR count). The quantitative estimate of drug-likeness (QED) is 0.379. The van der Waals surface area contributed by atoms with Crippen LogP contribution in [0, 0.1) is 0 Å². The number of ether oxygens (including phenoxy) is 4. The van der Waals surface area contributed by atoms with Gasteiger partial charge in [0.1, 0.15) is 12.4 Å². The highest BCUT2D eigenvalue weighted by molar-refractivity contribution is 5.97. The van der Waals surface area contributed by atoms with Gasteiger partial charge in [-0.1, -0.05) is 0 Å². The Labute approximate surface area is 125 Å². The summed E-state index contributed by atoms with van der Waals surface area (Å²) in [5.41, 5.74) is 6.68. The fourth-order valence-corrected chi connectivity index (χ4v) is 1.62. The Balaban J connectivity index is 2.20. The maximum absolute atomic E-state index is 11.5. The van der Waals surface area contributed by atoms with Crippen LogP contribution in [0.4, 0.5) is 5.69 Å². The second-order valence-electron chi connectivity index (χ2n) is 4.38. The first-order chi connectivity index (χ1) is 10.1. The van der Waals surface area contributed by atoms with E-state index in [9.17, 15) is 4.79 Å². The number of nitrogens with two attached hydrogens (primary N) is 1. The molecule has 0 aromatic heterocycles. The molecule has 0 heterocycles. The van der Waals surface area contributed by atoms with E-state index in [0.717, 1.165) is 0 Å². The van der Waals surface area contributed by atoms with E-state index in [1.165, 1.54) is 6.92 Å². The van der Waals surface area contributed by atoms with E-state index in [1.807, 2.05) is 0 Å². The van der Waals surface area contributed by atoms with Crippen LogP contribution in [0.5, 0.6) is 5.75 Å². The zero-order chi connectivity index (χ0) is 15.5. The lowest BCUT2D eigenvalue weighted by molar-refractivity contribution is 0.0179. The predicted molar refractivity (Wildman–Crippen MR) is 79.9 cm³/mol. The molecule has 1 aromatic carbocycles. The Bertz CT molecular complexity index is 436. The number of ketones is 1. The van der Waals surface area contributed by atoms with Crippen molar-refractivity contribution in [1.29, 1.82) is 0 Å². The minimum atomic E-state index is -0.0789. The molecule has 2 N–H and O–H groups in total. The molecule has 0 aliphatic rings. The third-order valence-corrected chi connectivity index (χ3v) is 2.67. The van der Waals surface area contributed by atoms with Gasteiger partial charge in [-0.15, -0.1) is 0 Å². The maximum atomic E-state index is 11.5. The van der Waals surface area contributed by atoms with Crippen LogP contribution in [0.3, 0.4) is 0 Å². The van der Waals surface area contributed by atoms with Crippen LogP contribution >= 0.6 is 0 Å². The van der Waals surface area contributed by atoms with Crippen LogP contribution in [0.2, 0.25) is 0 Å². The highest BCUT2D eigenvalue weighted by atomic mass is 16.6. The first-order valence-corrected chi connectivity index (χ1v) is 6.83. The summed E-state index contributed by atoms with van der Waals surface area (Å²) >= 11 is 0. The Kier molecular flexibility index (Phi) is 8.42. The van der Waals surface area contributed by atoms with Gasteiger partial charge in [-0.3, -0.25) is 4.79 Å². The lowest BCUT2D eigenvalue weighted by Crippen LogP contribution is -2.13. The third kappa shape index (κ3) is 7.08.